The van der Waals surface area contributed by atoms with E-state index >= 15 is 0 Å². The van der Waals surface area contributed by atoms with Crippen LogP contribution in [0.5, 0.6) is 0 Å². The largest absolute Gasteiger partial charge is 0.374 e. The molecular formula is C11H13FO2. The van der Waals surface area contributed by atoms with E-state index in [2.05, 4.69) is 0 Å². The highest BCUT2D eigenvalue weighted by Gasteiger charge is 2.04. The minimum atomic E-state index is -0.361. The first-order valence-corrected chi connectivity index (χ1v) is 4.49. The molecule has 1 atom stereocenters. The fourth-order valence-electron chi connectivity index (χ4n) is 1.20. The van der Waals surface area contributed by atoms with Crippen LogP contribution in [0.2, 0.25) is 0 Å². The molecule has 0 aliphatic rings. The van der Waals surface area contributed by atoms with Gasteiger partial charge >= 0.3 is 0 Å². The molecule has 2 nitrogen and oxygen atoms in total. The molecule has 0 radical (unpaired) electrons. The van der Waals surface area contributed by atoms with Crippen LogP contribution in [0, 0.1) is 5.82 Å². The van der Waals surface area contributed by atoms with Gasteiger partial charge < -0.3 is 9.53 Å². The lowest BCUT2D eigenvalue weighted by molar-refractivity contribution is -0.116. The van der Waals surface area contributed by atoms with Gasteiger partial charge in [0, 0.05) is 7.11 Å². The average molecular weight is 196 g/mol. The van der Waals surface area contributed by atoms with Crippen LogP contribution in [0.3, 0.4) is 0 Å². The molecule has 0 spiro atoms. The molecule has 0 bridgehead atoms. The molecule has 76 valence electrons. The smallest absolute Gasteiger partial charge is 0.148 e. The van der Waals surface area contributed by atoms with Gasteiger partial charge in [0.15, 0.2) is 0 Å². The molecule has 0 saturated carbocycles. The summed E-state index contributed by atoms with van der Waals surface area (Å²) in [6.07, 6.45) is 1.77. The van der Waals surface area contributed by atoms with Gasteiger partial charge in [-0.1, -0.05) is 12.1 Å². The van der Waals surface area contributed by atoms with Crippen molar-refractivity contribution in [1.82, 2.24) is 0 Å². The molecule has 0 fully saturated rings. The highest BCUT2D eigenvalue weighted by atomic mass is 19.1. The molecule has 3 heteroatoms. The summed E-state index contributed by atoms with van der Waals surface area (Å²) >= 11 is 0. The molecule has 1 aromatic carbocycles. The quantitative estimate of drug-likeness (QED) is 0.673. The van der Waals surface area contributed by atoms with Crippen molar-refractivity contribution in [3.8, 4) is 0 Å². The zero-order valence-electron chi connectivity index (χ0n) is 8.07. The van der Waals surface area contributed by atoms with Crippen LogP contribution in [0.1, 0.15) is 12.0 Å². The van der Waals surface area contributed by atoms with E-state index in [4.69, 9.17) is 4.74 Å². The Morgan fingerprint density at radius 2 is 2.07 bits per heavy atom. The molecule has 0 saturated heterocycles. The lowest BCUT2D eigenvalue weighted by atomic mass is 10.1. The number of carbonyl (C=O) groups is 1. The number of rotatable bonds is 5. The molecule has 1 aromatic rings. The van der Waals surface area contributed by atoms with Gasteiger partial charge in [0.05, 0.1) is 0 Å². The van der Waals surface area contributed by atoms with Gasteiger partial charge in [-0.2, -0.15) is 0 Å². The van der Waals surface area contributed by atoms with Crippen LogP contribution >= 0.6 is 0 Å². The lowest BCUT2D eigenvalue weighted by Crippen LogP contribution is -2.12. The number of halogens is 1. The summed E-state index contributed by atoms with van der Waals surface area (Å²) in [5, 5.41) is 0. The van der Waals surface area contributed by atoms with Crippen LogP contribution in [-0.4, -0.2) is 19.5 Å². The molecule has 0 heterocycles. The predicted octanol–water partition coefficient (Wildman–Crippen LogP) is 1.97. The number of benzene rings is 1. The summed E-state index contributed by atoms with van der Waals surface area (Å²) < 4.78 is 17.4. The Morgan fingerprint density at radius 3 is 2.57 bits per heavy atom. The molecule has 0 aliphatic heterocycles. The standard InChI is InChI=1S/C11H13FO2/c1-14-11(8-13)7-4-9-2-5-10(12)6-3-9/h2-3,5-6,8,11H,4,7H2,1H3. The fourth-order valence-corrected chi connectivity index (χ4v) is 1.20. The van der Waals surface area contributed by atoms with Crippen molar-refractivity contribution in [1.29, 1.82) is 0 Å². The van der Waals surface area contributed by atoms with Crippen LogP contribution < -0.4 is 0 Å². The van der Waals surface area contributed by atoms with Gasteiger partial charge in [-0.3, -0.25) is 0 Å². The third-order valence-electron chi connectivity index (χ3n) is 2.09. The number of hydrogen-bond donors (Lipinski definition) is 0. The van der Waals surface area contributed by atoms with E-state index in [1.54, 1.807) is 12.1 Å². The van der Waals surface area contributed by atoms with Crippen molar-refractivity contribution < 1.29 is 13.9 Å². The Kier molecular flexibility index (Phi) is 4.26. The summed E-state index contributed by atoms with van der Waals surface area (Å²) in [6, 6.07) is 6.26. The third-order valence-corrected chi connectivity index (χ3v) is 2.09. The highest BCUT2D eigenvalue weighted by Crippen LogP contribution is 2.07. The first kappa shape index (κ1) is 10.9. The van der Waals surface area contributed by atoms with Gasteiger partial charge in [-0.05, 0) is 30.5 Å². The van der Waals surface area contributed by atoms with Gasteiger partial charge in [0.2, 0.25) is 0 Å². The Balaban J connectivity index is 2.45. The first-order chi connectivity index (χ1) is 6.76. The maximum absolute atomic E-state index is 12.5. The number of aldehydes is 1. The van der Waals surface area contributed by atoms with Gasteiger partial charge in [-0.15, -0.1) is 0 Å². The van der Waals surface area contributed by atoms with E-state index in [1.807, 2.05) is 0 Å². The second kappa shape index (κ2) is 5.50. The van der Waals surface area contributed by atoms with Crippen molar-refractivity contribution in [2.75, 3.05) is 7.11 Å². The first-order valence-electron chi connectivity index (χ1n) is 4.49. The van der Waals surface area contributed by atoms with Gasteiger partial charge in [0.1, 0.15) is 18.2 Å². The van der Waals surface area contributed by atoms with Gasteiger partial charge in [-0.25, -0.2) is 4.39 Å². The van der Waals surface area contributed by atoms with E-state index < -0.39 is 0 Å². The highest BCUT2D eigenvalue weighted by molar-refractivity contribution is 5.55. The summed E-state index contributed by atoms with van der Waals surface area (Å²) in [6.45, 7) is 0. The fraction of sp³-hybridized carbons (Fsp3) is 0.364. The SMILES string of the molecule is COC(C=O)CCc1ccc(F)cc1. The van der Waals surface area contributed by atoms with E-state index in [0.717, 1.165) is 18.3 Å². The zero-order valence-corrected chi connectivity index (χ0v) is 8.07. The second-order valence-corrected chi connectivity index (χ2v) is 3.08. The minimum Gasteiger partial charge on any atom is -0.374 e. The van der Waals surface area contributed by atoms with Crippen LogP contribution in [0.4, 0.5) is 4.39 Å². The van der Waals surface area contributed by atoms with Crippen molar-refractivity contribution >= 4 is 6.29 Å². The molecular weight excluding hydrogens is 183 g/mol. The van der Waals surface area contributed by atoms with E-state index in [1.165, 1.54) is 19.2 Å². The van der Waals surface area contributed by atoms with E-state index in [-0.39, 0.29) is 11.9 Å². The van der Waals surface area contributed by atoms with Crippen LogP contribution in [0.15, 0.2) is 24.3 Å². The van der Waals surface area contributed by atoms with Crippen molar-refractivity contribution in [2.24, 2.45) is 0 Å². The molecule has 1 rings (SSSR count). The number of hydrogen-bond acceptors (Lipinski definition) is 2. The topological polar surface area (TPSA) is 26.3 Å². The lowest BCUT2D eigenvalue weighted by Gasteiger charge is -2.07. The Morgan fingerprint density at radius 1 is 1.43 bits per heavy atom. The second-order valence-electron chi connectivity index (χ2n) is 3.08. The van der Waals surface area contributed by atoms with Crippen LogP contribution in [0.25, 0.3) is 0 Å². The maximum Gasteiger partial charge on any atom is 0.148 e. The normalized spacial score (nSPS) is 12.4. The summed E-state index contributed by atoms with van der Waals surface area (Å²) in [5.41, 5.74) is 1.01. The number of ether oxygens (including phenoxy) is 1. The van der Waals surface area contributed by atoms with Crippen molar-refractivity contribution in [3.05, 3.63) is 35.6 Å². The molecule has 1 unspecified atom stereocenters. The zero-order chi connectivity index (χ0) is 10.4. The number of carbonyl (C=O) groups excluding carboxylic acids is 1. The Labute approximate surface area is 82.7 Å². The molecule has 0 aromatic heterocycles. The van der Waals surface area contributed by atoms with Gasteiger partial charge in [0.25, 0.3) is 0 Å². The van der Waals surface area contributed by atoms with Crippen molar-refractivity contribution in [2.45, 2.75) is 18.9 Å². The minimum absolute atomic E-state index is 0.243. The predicted molar refractivity (Wildman–Crippen MR) is 51.6 cm³/mol. The molecule has 0 aliphatic carbocycles. The average Bonchev–Trinajstić information content (AvgIpc) is 2.22. The molecule has 0 amide bonds. The molecule has 14 heavy (non-hydrogen) atoms. The maximum atomic E-state index is 12.5. The Hall–Kier alpha value is -1.22. The van der Waals surface area contributed by atoms with E-state index in [0.29, 0.717) is 6.42 Å². The molecule has 0 N–H and O–H groups in total. The third kappa shape index (κ3) is 3.26. The monoisotopic (exact) mass is 196 g/mol. The summed E-state index contributed by atoms with van der Waals surface area (Å²) in [5.74, 6) is -0.243. The van der Waals surface area contributed by atoms with Crippen molar-refractivity contribution in [3.63, 3.8) is 0 Å². The van der Waals surface area contributed by atoms with Crippen LogP contribution in [-0.2, 0) is 16.0 Å². The summed E-state index contributed by atoms with van der Waals surface area (Å²) in [7, 11) is 1.50. The summed E-state index contributed by atoms with van der Waals surface area (Å²) in [4.78, 5) is 10.4. The number of methoxy groups -OCH3 is 1. The van der Waals surface area contributed by atoms with E-state index in [9.17, 15) is 9.18 Å². The Bertz CT molecular complexity index is 282. The number of aryl methyl sites for hydroxylation is 1.